The molecule has 0 radical (unpaired) electrons. The molecule has 4 aromatic heterocycles. The molecule has 0 amide bonds. The first-order valence-electron chi connectivity index (χ1n) is 19.6. The number of nitrogens with zero attached hydrogens (tertiary/aromatic N) is 6. The van der Waals surface area contributed by atoms with Crippen LogP contribution in [0.25, 0.3) is 21.8 Å². The first-order chi connectivity index (χ1) is 27.8. The number of ether oxygens (including phenoxy) is 2. The zero-order valence-electron chi connectivity index (χ0n) is 32.2. The lowest BCUT2D eigenvalue weighted by atomic mass is 9.91. The predicted molar refractivity (Wildman–Crippen MR) is 231 cm³/mol. The maximum Gasteiger partial charge on any atom is 0.261 e. The van der Waals surface area contributed by atoms with E-state index in [1.807, 2.05) is 75.9 Å². The Bertz CT molecular complexity index is 2640. The van der Waals surface area contributed by atoms with Crippen LogP contribution >= 0.6 is 28.3 Å². The summed E-state index contributed by atoms with van der Waals surface area (Å²) in [5.74, 6) is 10.4. The summed E-state index contributed by atoms with van der Waals surface area (Å²) in [6.45, 7) is 3.08. The van der Waals surface area contributed by atoms with E-state index in [9.17, 15) is 9.59 Å². The third-order valence-electron chi connectivity index (χ3n) is 11.4. The molecule has 0 N–H and O–H groups in total. The summed E-state index contributed by atoms with van der Waals surface area (Å²) in [4.78, 5) is 43.4. The molecule has 2 saturated heterocycles. The van der Waals surface area contributed by atoms with Crippen molar-refractivity contribution in [3.8, 4) is 24.2 Å². The van der Waals surface area contributed by atoms with Crippen LogP contribution in [0.5, 0.6) is 0 Å². The molecule has 4 aliphatic heterocycles. The quantitative estimate of drug-likeness (QED) is 0.144. The molecule has 2 aromatic carbocycles. The number of pyridine rings is 2. The molecule has 0 bridgehead atoms. The first-order valence-corrected chi connectivity index (χ1v) is 20.4. The Labute approximate surface area is 352 Å². The largest absolute Gasteiger partial charge is 0.375 e. The predicted octanol–water partition coefficient (Wildman–Crippen LogP) is 7.61. The SMILES string of the molecule is C#Cc1ccccn1.Cl.O=c1c2ccc(Br)cc2nc2n1CCC1(CCCO1)CC2.O=c1c2ccc(C#Cc3ccccn3)cc2nc2n1CCC1(CCCO1)CC2. The minimum Gasteiger partial charge on any atom is -0.375 e. The number of hydrogen-bond donors (Lipinski definition) is 0. The van der Waals surface area contributed by atoms with Gasteiger partial charge in [-0.2, -0.15) is 0 Å². The number of aromatic nitrogens is 6. The van der Waals surface area contributed by atoms with Gasteiger partial charge in [-0.25, -0.2) is 19.9 Å². The highest BCUT2D eigenvalue weighted by atomic mass is 79.9. The van der Waals surface area contributed by atoms with Crippen molar-refractivity contribution in [2.75, 3.05) is 13.2 Å². The van der Waals surface area contributed by atoms with E-state index < -0.39 is 0 Å². The average Bonchev–Trinajstić information content (AvgIpc) is 3.83. The Hall–Kier alpha value is -5.17. The summed E-state index contributed by atoms with van der Waals surface area (Å²) in [5, 5.41) is 1.35. The van der Waals surface area contributed by atoms with Gasteiger partial charge in [-0.05, 0) is 118 Å². The molecule has 10 rings (SSSR count). The molecule has 58 heavy (non-hydrogen) atoms. The zero-order chi connectivity index (χ0) is 39.2. The van der Waals surface area contributed by atoms with Gasteiger partial charge >= 0.3 is 0 Å². The van der Waals surface area contributed by atoms with E-state index in [2.05, 4.69) is 43.7 Å². The lowest BCUT2D eigenvalue weighted by Crippen LogP contribution is -2.29. The number of benzene rings is 2. The lowest BCUT2D eigenvalue weighted by molar-refractivity contribution is -0.00930. The molecule has 2 fully saturated rings. The molecule has 0 aliphatic carbocycles. The van der Waals surface area contributed by atoms with Crippen molar-refractivity contribution < 1.29 is 9.47 Å². The van der Waals surface area contributed by atoms with Gasteiger partial charge in [0.15, 0.2) is 0 Å². The Morgan fingerprint density at radius 3 is 1.71 bits per heavy atom. The van der Waals surface area contributed by atoms with Crippen LogP contribution in [0.2, 0.25) is 0 Å². The fourth-order valence-electron chi connectivity index (χ4n) is 8.31. The molecule has 10 nitrogen and oxygen atoms in total. The van der Waals surface area contributed by atoms with Gasteiger partial charge in [0, 0.05) is 61.6 Å². The molecule has 2 spiro atoms. The van der Waals surface area contributed by atoms with Crippen LogP contribution in [0, 0.1) is 24.2 Å². The molecule has 8 heterocycles. The number of hydrogen-bond acceptors (Lipinski definition) is 8. The average molecular weight is 860 g/mol. The molecule has 6 aromatic rings. The fraction of sp³-hybridized carbons (Fsp3) is 0.348. The van der Waals surface area contributed by atoms with Gasteiger partial charge in [-0.3, -0.25) is 18.7 Å². The highest BCUT2D eigenvalue weighted by molar-refractivity contribution is 9.10. The van der Waals surface area contributed by atoms with Crippen molar-refractivity contribution >= 4 is 50.1 Å². The van der Waals surface area contributed by atoms with Gasteiger partial charge in [-0.1, -0.05) is 39.9 Å². The highest BCUT2D eigenvalue weighted by Crippen LogP contribution is 2.37. The van der Waals surface area contributed by atoms with Crippen LogP contribution in [0.4, 0.5) is 0 Å². The summed E-state index contributed by atoms with van der Waals surface area (Å²) >= 11 is 3.45. The van der Waals surface area contributed by atoms with Gasteiger partial charge in [0.05, 0.1) is 33.0 Å². The van der Waals surface area contributed by atoms with E-state index >= 15 is 0 Å². The molecular formula is C46H44BrClN6O4. The van der Waals surface area contributed by atoms with E-state index in [1.165, 1.54) is 0 Å². The van der Waals surface area contributed by atoms with E-state index in [-0.39, 0.29) is 34.7 Å². The van der Waals surface area contributed by atoms with Gasteiger partial charge in [0.1, 0.15) is 23.0 Å². The van der Waals surface area contributed by atoms with Crippen LogP contribution in [0.15, 0.2) is 99.3 Å². The van der Waals surface area contributed by atoms with Crippen molar-refractivity contribution in [2.24, 2.45) is 0 Å². The second-order valence-corrected chi connectivity index (χ2v) is 15.9. The third kappa shape index (κ3) is 9.09. The molecule has 296 valence electrons. The number of terminal acetylenes is 1. The van der Waals surface area contributed by atoms with E-state index in [4.69, 9.17) is 25.9 Å². The van der Waals surface area contributed by atoms with E-state index in [0.29, 0.717) is 35.1 Å². The van der Waals surface area contributed by atoms with Crippen LogP contribution in [0.1, 0.15) is 80.0 Å². The Kier molecular flexibility index (Phi) is 12.9. The van der Waals surface area contributed by atoms with Gasteiger partial charge in [0.2, 0.25) is 0 Å². The molecule has 0 saturated carbocycles. The number of rotatable bonds is 0. The Morgan fingerprint density at radius 2 is 1.21 bits per heavy atom. The Balaban J connectivity index is 0.000000150. The topological polar surface area (TPSA) is 114 Å². The van der Waals surface area contributed by atoms with Gasteiger partial charge < -0.3 is 9.47 Å². The number of fused-ring (bicyclic) bond motifs is 4. The van der Waals surface area contributed by atoms with E-state index in [0.717, 1.165) is 110 Å². The maximum atomic E-state index is 13.1. The number of halogens is 2. The summed E-state index contributed by atoms with van der Waals surface area (Å²) in [6.07, 6.45) is 18.2. The van der Waals surface area contributed by atoms with Crippen LogP contribution in [-0.2, 0) is 35.4 Å². The summed E-state index contributed by atoms with van der Waals surface area (Å²) in [6, 6.07) is 22.4. The zero-order valence-corrected chi connectivity index (χ0v) is 34.6. The van der Waals surface area contributed by atoms with Gasteiger partial charge in [0.25, 0.3) is 11.1 Å². The van der Waals surface area contributed by atoms with Crippen molar-refractivity contribution in [3.63, 3.8) is 0 Å². The fourth-order valence-corrected chi connectivity index (χ4v) is 8.66. The highest BCUT2D eigenvalue weighted by Gasteiger charge is 2.38. The van der Waals surface area contributed by atoms with Crippen LogP contribution in [-0.4, -0.2) is 53.5 Å². The summed E-state index contributed by atoms with van der Waals surface area (Å²) in [7, 11) is 0. The Morgan fingerprint density at radius 1 is 0.655 bits per heavy atom. The van der Waals surface area contributed by atoms with Crippen molar-refractivity contribution in [3.05, 3.63) is 139 Å². The van der Waals surface area contributed by atoms with Crippen molar-refractivity contribution in [2.45, 2.75) is 88.5 Å². The van der Waals surface area contributed by atoms with Crippen LogP contribution < -0.4 is 11.1 Å². The molecular weight excluding hydrogens is 816 g/mol. The second-order valence-electron chi connectivity index (χ2n) is 15.0. The monoisotopic (exact) mass is 858 g/mol. The lowest BCUT2D eigenvalue weighted by Gasteiger charge is -2.25. The first kappa shape index (κ1) is 41.0. The molecule has 4 aliphatic rings. The van der Waals surface area contributed by atoms with E-state index in [1.54, 1.807) is 18.5 Å². The maximum absolute atomic E-state index is 13.1. The second kappa shape index (κ2) is 18.2. The van der Waals surface area contributed by atoms with Crippen LogP contribution in [0.3, 0.4) is 0 Å². The number of aryl methyl sites for hydroxylation is 2. The third-order valence-corrected chi connectivity index (χ3v) is 11.9. The normalized spacial score (nSPS) is 20.4. The summed E-state index contributed by atoms with van der Waals surface area (Å²) in [5.41, 5.74) is 3.78. The van der Waals surface area contributed by atoms with Crippen molar-refractivity contribution in [1.82, 2.24) is 29.1 Å². The minimum absolute atomic E-state index is 0. The molecule has 2 atom stereocenters. The standard InChI is InChI=1S/C23H21N3O2.C16H17BrN2O2.C7H5N.ClH/c27-22-19-8-6-17(5-7-18-4-1-2-13-24-18)16-20(19)25-21-9-11-23(10-3-15-28-23)12-14-26(21)22;17-11-2-3-12-13(10-11)18-14-4-6-16(5-1-9-21-16)7-8-19(14)15(12)20;1-2-7-5-3-4-6-8-7;/h1-2,4,6,8,13,16H,3,9-12,14-15H2;2-3,10H,1,4-9H2;1,3-6H;1H. The van der Waals surface area contributed by atoms with Gasteiger partial charge in [-0.15, -0.1) is 18.8 Å². The minimum atomic E-state index is -0.0638. The molecule has 2 unspecified atom stereocenters. The van der Waals surface area contributed by atoms with Crippen molar-refractivity contribution in [1.29, 1.82) is 0 Å². The molecule has 12 heteroatoms. The smallest absolute Gasteiger partial charge is 0.261 e. The summed E-state index contributed by atoms with van der Waals surface area (Å²) < 4.78 is 16.7.